The molecule has 0 aliphatic carbocycles. The van der Waals surface area contributed by atoms with E-state index in [1.165, 1.54) is 51.9 Å². The average molecular weight is 334 g/mol. The molecule has 0 aromatic heterocycles. The Labute approximate surface area is 121 Å². The first-order valence-corrected chi connectivity index (χ1v) is 10.1. The Morgan fingerprint density at radius 1 is 0.650 bits per heavy atom. The lowest BCUT2D eigenvalue weighted by molar-refractivity contribution is -0.635. The Kier molecular flexibility index (Phi) is 13.7. The van der Waals surface area contributed by atoms with Gasteiger partial charge >= 0.3 is 0 Å². The van der Waals surface area contributed by atoms with Crippen molar-refractivity contribution in [1.29, 1.82) is 0 Å². The zero-order valence-electron chi connectivity index (χ0n) is 12.1. The molecule has 2 fully saturated rings. The van der Waals surface area contributed by atoms with Crippen molar-refractivity contribution in [3.05, 3.63) is 0 Å². The van der Waals surface area contributed by atoms with Crippen LogP contribution >= 0.6 is 0 Å². The Morgan fingerprint density at radius 2 is 0.800 bits per heavy atom. The van der Waals surface area contributed by atoms with Gasteiger partial charge in [-0.1, -0.05) is 0 Å². The van der Waals surface area contributed by atoms with Crippen molar-refractivity contribution in [2.75, 3.05) is 38.7 Å². The summed E-state index contributed by atoms with van der Waals surface area (Å²) in [7, 11) is -7.83. The Balaban J connectivity index is 0. The van der Waals surface area contributed by atoms with E-state index >= 15 is 0 Å². The molecule has 0 saturated carbocycles. The molecule has 0 amide bonds. The average Bonchev–Trinajstić information content (AvgIpc) is 2.92. The van der Waals surface area contributed by atoms with Crippen molar-refractivity contribution >= 4 is 20.2 Å². The Bertz CT molecular complexity index is 328. The van der Waals surface area contributed by atoms with Gasteiger partial charge in [0.2, 0.25) is 0 Å². The minimum atomic E-state index is -3.92. The van der Waals surface area contributed by atoms with Gasteiger partial charge in [0.1, 0.15) is 0 Å². The van der Waals surface area contributed by atoms with Gasteiger partial charge in [0, 0.05) is 38.2 Å². The lowest BCUT2D eigenvalue weighted by Gasteiger charge is -1.90. The van der Waals surface area contributed by atoms with E-state index in [-0.39, 0.29) is 0 Å². The van der Waals surface area contributed by atoms with Crippen LogP contribution in [0.2, 0.25) is 0 Å². The molecule has 20 heavy (non-hydrogen) atoms. The van der Waals surface area contributed by atoms with Crippen LogP contribution in [0, 0.1) is 0 Å². The molecule has 0 spiro atoms. The summed E-state index contributed by atoms with van der Waals surface area (Å²) >= 11 is 0. The van der Waals surface area contributed by atoms with E-state index in [4.69, 9.17) is 25.9 Å². The standard InChI is InChI=1S/2C4H9N.2CH4O3S/c2*1-2-4-5-3-1;2*1-5(2,3)4/h2*5H,1-4H2;2*1H3,(H,2,3,4). The molecule has 0 bridgehead atoms. The van der Waals surface area contributed by atoms with Crippen LogP contribution in [0.4, 0.5) is 0 Å². The zero-order valence-corrected chi connectivity index (χ0v) is 13.7. The van der Waals surface area contributed by atoms with Crippen LogP contribution in [-0.2, 0) is 20.2 Å². The third-order valence-electron chi connectivity index (χ3n) is 2.13. The molecule has 0 unspecified atom stereocenters. The van der Waals surface area contributed by atoms with E-state index in [9.17, 15) is 0 Å². The zero-order chi connectivity index (χ0) is 16.1. The van der Waals surface area contributed by atoms with Crippen LogP contribution in [0.25, 0.3) is 0 Å². The number of rotatable bonds is 0. The quantitative estimate of drug-likeness (QED) is 0.451. The van der Waals surface area contributed by atoms with Crippen molar-refractivity contribution < 1.29 is 36.6 Å². The first kappa shape index (κ1) is 22.0. The summed E-state index contributed by atoms with van der Waals surface area (Å²) in [5.74, 6) is 0. The van der Waals surface area contributed by atoms with Gasteiger partial charge in [0.05, 0.1) is 46.4 Å². The van der Waals surface area contributed by atoms with Gasteiger partial charge in [0.25, 0.3) is 0 Å². The van der Waals surface area contributed by atoms with Gasteiger partial charge in [-0.3, -0.25) is 0 Å². The second-order valence-corrected chi connectivity index (χ2v) is 7.37. The van der Waals surface area contributed by atoms with Gasteiger partial charge in [-0.2, -0.15) is 0 Å². The van der Waals surface area contributed by atoms with Crippen LogP contribution < -0.4 is 10.6 Å². The molecule has 8 nitrogen and oxygen atoms in total. The van der Waals surface area contributed by atoms with Crippen molar-refractivity contribution in [2.24, 2.45) is 0 Å². The van der Waals surface area contributed by atoms with Crippen molar-refractivity contribution in [1.82, 2.24) is 0 Å². The molecule has 0 atom stereocenters. The Morgan fingerprint density at radius 3 is 0.850 bits per heavy atom. The summed E-state index contributed by atoms with van der Waals surface area (Å²) < 4.78 is 54.5. The van der Waals surface area contributed by atoms with Gasteiger partial charge < -0.3 is 19.7 Å². The van der Waals surface area contributed by atoms with E-state index < -0.39 is 20.2 Å². The fourth-order valence-electron chi connectivity index (χ4n) is 1.44. The summed E-state index contributed by atoms with van der Waals surface area (Å²) in [6.45, 7) is 5.50. The van der Waals surface area contributed by atoms with Gasteiger partial charge in [-0.15, -0.1) is 0 Å². The molecule has 2 saturated heterocycles. The maximum Gasteiger partial charge on any atom is 0.0916 e. The normalized spacial score (nSPS) is 17.8. The van der Waals surface area contributed by atoms with Crippen molar-refractivity contribution in [3.8, 4) is 0 Å². The molecule has 0 aromatic rings. The lowest BCUT2D eigenvalue weighted by atomic mass is 10.4. The SMILES string of the molecule is C1CC[NH2+]C1.C1CC[NH2+]C1.CS(=O)(=O)[O-].CS(=O)(=O)[O-]. The third-order valence-corrected chi connectivity index (χ3v) is 2.13. The summed E-state index contributed by atoms with van der Waals surface area (Å²) in [6, 6.07) is 0. The molecular formula is C10H26N2O6S2. The molecule has 2 aliphatic heterocycles. The summed E-state index contributed by atoms with van der Waals surface area (Å²) in [5, 5.41) is 4.72. The van der Waals surface area contributed by atoms with E-state index in [2.05, 4.69) is 10.6 Å². The van der Waals surface area contributed by atoms with E-state index in [0.29, 0.717) is 12.5 Å². The maximum absolute atomic E-state index is 9.08. The number of nitrogens with two attached hydrogens (primary N) is 2. The van der Waals surface area contributed by atoms with Gasteiger partial charge in [0.15, 0.2) is 0 Å². The highest BCUT2D eigenvalue weighted by Crippen LogP contribution is 1.82. The first-order chi connectivity index (χ1) is 9.00. The molecule has 4 N–H and O–H groups in total. The second kappa shape index (κ2) is 12.5. The molecule has 10 heteroatoms. The Hall–Kier alpha value is -0.260. The van der Waals surface area contributed by atoms with Gasteiger partial charge in [-0.05, 0) is 0 Å². The van der Waals surface area contributed by atoms with Crippen molar-refractivity contribution in [3.63, 3.8) is 0 Å². The van der Waals surface area contributed by atoms with E-state index in [1.54, 1.807) is 0 Å². The maximum atomic E-state index is 9.08. The minimum Gasteiger partial charge on any atom is -0.748 e. The fourth-order valence-corrected chi connectivity index (χ4v) is 1.44. The number of hydrogen-bond donors (Lipinski definition) is 2. The predicted molar refractivity (Wildman–Crippen MR) is 73.0 cm³/mol. The first-order valence-electron chi connectivity index (χ1n) is 6.45. The molecule has 2 rings (SSSR count). The molecule has 2 aliphatic rings. The topological polar surface area (TPSA) is 148 Å². The van der Waals surface area contributed by atoms with Crippen LogP contribution in [0.3, 0.4) is 0 Å². The smallest absolute Gasteiger partial charge is 0.0916 e. The third kappa shape index (κ3) is 52.4. The predicted octanol–water partition coefficient (Wildman–Crippen LogP) is -2.99. The number of quaternary nitrogens is 2. The molecule has 0 radical (unpaired) electrons. The second-order valence-electron chi connectivity index (χ2n) is 4.55. The minimum absolute atomic E-state index is 0.604. The van der Waals surface area contributed by atoms with Crippen LogP contribution in [0.15, 0.2) is 0 Å². The van der Waals surface area contributed by atoms with E-state index in [0.717, 1.165) is 0 Å². The highest BCUT2D eigenvalue weighted by atomic mass is 32.2. The fraction of sp³-hybridized carbons (Fsp3) is 1.00. The largest absolute Gasteiger partial charge is 0.748 e. The highest BCUT2D eigenvalue weighted by molar-refractivity contribution is 7.85. The molecule has 2 heterocycles. The van der Waals surface area contributed by atoms with Crippen LogP contribution in [-0.4, -0.2) is 64.6 Å². The van der Waals surface area contributed by atoms with Crippen LogP contribution in [0.5, 0.6) is 0 Å². The van der Waals surface area contributed by atoms with Crippen LogP contribution in [0.1, 0.15) is 25.7 Å². The number of hydrogen-bond acceptors (Lipinski definition) is 6. The van der Waals surface area contributed by atoms with E-state index in [1.807, 2.05) is 0 Å². The highest BCUT2D eigenvalue weighted by Gasteiger charge is 1.98. The molecular weight excluding hydrogens is 308 g/mol. The summed E-state index contributed by atoms with van der Waals surface area (Å²) in [6.07, 6.45) is 6.99. The summed E-state index contributed by atoms with van der Waals surface area (Å²) in [4.78, 5) is 0. The molecule has 124 valence electrons. The van der Waals surface area contributed by atoms with Crippen molar-refractivity contribution in [2.45, 2.75) is 25.7 Å². The van der Waals surface area contributed by atoms with Gasteiger partial charge in [-0.25, -0.2) is 16.8 Å². The monoisotopic (exact) mass is 334 g/mol. The molecule has 0 aromatic carbocycles. The lowest BCUT2D eigenvalue weighted by Crippen LogP contribution is -2.80. The summed E-state index contributed by atoms with van der Waals surface area (Å²) in [5.41, 5.74) is 0.